The summed E-state index contributed by atoms with van der Waals surface area (Å²) in [6, 6.07) is 37.7. The number of para-hydroxylation sites is 1. The fourth-order valence-corrected chi connectivity index (χ4v) is 20.4. The van der Waals surface area contributed by atoms with E-state index in [4.69, 9.17) is 17.2 Å². The molecule has 0 heterocycles. The average molecular weight is 1760 g/mol. The highest BCUT2D eigenvalue weighted by molar-refractivity contribution is 6.27. The zero-order chi connectivity index (χ0) is 92.9. The molecule has 670 valence electrons. The number of phenolic OH excluding ortho intramolecular Hbond substituents is 3. The molecule has 7 aromatic carbocycles. The van der Waals surface area contributed by atoms with Gasteiger partial charge < -0.3 is 94.4 Å². The molecule has 34 heteroatoms. The molecule has 0 aliphatic heterocycles. The second-order valence-electron chi connectivity index (χ2n) is 34.2. The van der Waals surface area contributed by atoms with Crippen LogP contribution in [0.5, 0.6) is 17.2 Å². The van der Waals surface area contributed by atoms with Gasteiger partial charge in [-0.05, 0) is 196 Å². The number of anilines is 1. The Kier molecular flexibility index (Phi) is 24.6. The van der Waals surface area contributed by atoms with Gasteiger partial charge in [0.05, 0.1) is 41.4 Å². The quantitative estimate of drug-likeness (QED) is 0.0216. The zero-order valence-corrected chi connectivity index (χ0v) is 70.1. The SMILES string of the molecule is CN(C)C1C(=O)C(C(N)=O)=C(O)[C@@]2(O)C(=O)C3=C(O)c4c(O)ccc(-c5ccc(CNCC(F)(F)F)cc5)c4C[C@H]3C[C@@H]12.CN(C)C1C(=O)C(C(N)=O)=C(O)[C@@]2(O)C(=O)C3=C(O)c4c(O)ccc(-c5ccc(CNCCF)cc5)c4C[C@H]3C[C@@H]12.CN(C)[C@@H]1C(=O)C(C(N)=O)=C(O)[C@@]2(O)C(=O)C3=C(O)c4c(O)ccc(-c5ccc(CNc6ccccc6)cc5)c4C[C@H]3C[C@@H]12. The third kappa shape index (κ3) is 15.4. The van der Waals surface area contributed by atoms with Gasteiger partial charge in [0.15, 0.2) is 34.2 Å². The number of amides is 3. The number of aliphatic hydroxyl groups is 9. The number of Topliss-reactive ketones (excluding diaryl/α,β-unsaturated/α-hetero) is 6. The highest BCUT2D eigenvalue weighted by Gasteiger charge is 2.68. The maximum absolute atomic E-state index is 14.0. The van der Waals surface area contributed by atoms with Crippen molar-refractivity contribution in [1.29, 1.82) is 0 Å². The maximum Gasteiger partial charge on any atom is 0.401 e. The topological polar surface area (TPSA) is 520 Å². The Morgan fingerprint density at radius 1 is 0.414 bits per heavy atom. The van der Waals surface area contributed by atoms with Crippen LogP contribution in [0.1, 0.15) is 69.3 Å². The number of nitrogens with two attached hydrogens (primary N) is 3. The van der Waals surface area contributed by atoms with Crippen molar-refractivity contribution >= 4 is 75.4 Å². The van der Waals surface area contributed by atoms with E-state index in [0.717, 1.165) is 33.5 Å². The molecule has 30 nitrogen and oxygen atoms in total. The smallest absolute Gasteiger partial charge is 0.401 e. The van der Waals surface area contributed by atoms with Crippen LogP contribution < -0.4 is 33.2 Å². The van der Waals surface area contributed by atoms with E-state index in [9.17, 15) is 122 Å². The van der Waals surface area contributed by atoms with E-state index >= 15 is 0 Å². The van der Waals surface area contributed by atoms with Crippen molar-refractivity contribution in [3.8, 4) is 50.6 Å². The number of rotatable bonds is 19. The number of benzene rings is 7. The summed E-state index contributed by atoms with van der Waals surface area (Å²) < 4.78 is 49.8. The van der Waals surface area contributed by atoms with Crippen LogP contribution >= 0.6 is 0 Å². The van der Waals surface area contributed by atoms with E-state index in [0.29, 0.717) is 52.0 Å². The maximum atomic E-state index is 14.0. The number of likely N-dealkylation sites (N-methyl/N-ethyl adjacent to an activating group) is 3. The summed E-state index contributed by atoms with van der Waals surface area (Å²) in [7, 11) is 9.30. The normalized spacial score (nSPS) is 25.3. The van der Waals surface area contributed by atoms with Crippen LogP contribution in [-0.2, 0) is 82.0 Å². The number of carbonyl (C=O) groups excluding carboxylic acids is 9. The fraction of sp³-hybridized carbons (Fsp3) is 0.330. The molecule has 9 aliphatic carbocycles. The standard InChI is InChI=1S/C34H33N3O7.C30H30F3N3O7.C30H32FN3O7/c1-37(2)28-23-15-19-14-22-21(18-10-8-17(9-11-18)16-36-20-6-4-3-5-7-20)12-13-24(38)26(22)29(39)25(19)31(41)34(23,44)32(42)27(30(28)40)33(35)43;1-36(2)23-18-10-15-9-17-16(14-5-3-13(4-6-14)11-35-12-29(31,32)33)7-8-19(37)21(17)24(38)20(15)26(40)30(18,43)27(41)22(25(23)39)28(34)42;1-34(2)24-19-12-16-11-18-17(15-5-3-14(4-6-15)13-33-10-9-31)7-8-20(35)22(18)25(36)21(16)27(38)30(19,41)28(39)23(26(24)37)29(32)40/h3-13,19,23,28,36,38-39,42,44H,14-16H2,1-2H3,(H2,35,43);3-8,15,18,23,35,37-38,41,43H,9-12H2,1-2H3,(H2,34,42);3-8,16,19,24,33,35-36,39,41H,9-13H2,1-2H3,(H2,32,40)/t19-,23-,28-,34-;15-,18-,23?,30-;16-,19-,24?,30-/m000/s1. The van der Waals surface area contributed by atoms with Crippen molar-refractivity contribution in [2.75, 3.05) is 67.4 Å². The molecular formula is C94H95F4N9O21. The van der Waals surface area contributed by atoms with E-state index in [-0.39, 0.29) is 102 Å². The third-order valence-corrected chi connectivity index (χ3v) is 26.1. The van der Waals surface area contributed by atoms with Crippen molar-refractivity contribution in [2.45, 2.75) is 99.3 Å². The Balaban J connectivity index is 0.000000155. The van der Waals surface area contributed by atoms with Crippen LogP contribution in [0.15, 0.2) is 190 Å². The molecule has 16 rings (SSSR count). The molecule has 0 spiro atoms. The summed E-state index contributed by atoms with van der Waals surface area (Å²) in [5.74, 6) is -20.9. The van der Waals surface area contributed by atoms with Crippen LogP contribution in [-0.4, -0.2) is 232 Å². The molecule has 12 atom stereocenters. The summed E-state index contributed by atoms with van der Waals surface area (Å²) in [6.45, 7) is -0.269. The van der Waals surface area contributed by atoms with Crippen LogP contribution in [0.2, 0.25) is 0 Å². The van der Waals surface area contributed by atoms with Gasteiger partial charge in [0, 0.05) is 66.3 Å². The molecule has 7 aromatic rings. The second kappa shape index (κ2) is 34.5. The Hall–Kier alpha value is -13.2. The number of phenols is 3. The summed E-state index contributed by atoms with van der Waals surface area (Å²) in [5.41, 5.74) is 14.4. The Labute approximate surface area is 729 Å². The average Bonchev–Trinajstić information content (AvgIpc) is 0.706. The van der Waals surface area contributed by atoms with E-state index in [1.807, 2.05) is 78.9 Å². The van der Waals surface area contributed by atoms with Gasteiger partial charge in [-0.1, -0.05) is 109 Å². The summed E-state index contributed by atoms with van der Waals surface area (Å²) >= 11 is 0. The number of carbonyl (C=O) groups is 9. The molecule has 3 fully saturated rings. The minimum absolute atomic E-state index is 0.0139. The molecule has 0 bridgehead atoms. The fourth-order valence-electron chi connectivity index (χ4n) is 20.4. The molecule has 2 unspecified atom stereocenters. The number of fused-ring (bicyclic) bond motifs is 9. The third-order valence-electron chi connectivity index (χ3n) is 26.1. The number of hydrogen-bond acceptors (Lipinski definition) is 27. The zero-order valence-electron chi connectivity index (χ0n) is 70.1. The Morgan fingerprint density at radius 2 is 0.703 bits per heavy atom. The molecule has 21 N–H and O–H groups in total. The molecule has 9 aliphatic rings. The number of aliphatic hydroxyl groups excluding tert-OH is 6. The predicted octanol–water partition coefficient (Wildman–Crippen LogP) is 7.22. The number of hydrogen-bond donors (Lipinski definition) is 18. The van der Waals surface area contributed by atoms with Gasteiger partial charge in [-0.2, -0.15) is 13.2 Å². The predicted molar refractivity (Wildman–Crippen MR) is 458 cm³/mol. The van der Waals surface area contributed by atoms with Gasteiger partial charge in [-0.15, -0.1) is 0 Å². The van der Waals surface area contributed by atoms with Gasteiger partial charge in [0.1, 0.15) is 75.2 Å². The molecule has 0 saturated heterocycles. The minimum atomic E-state index is -4.34. The van der Waals surface area contributed by atoms with Crippen LogP contribution in [0, 0.1) is 35.5 Å². The molecule has 128 heavy (non-hydrogen) atoms. The van der Waals surface area contributed by atoms with Crippen molar-refractivity contribution in [3.05, 3.63) is 240 Å². The molecule has 0 radical (unpaired) electrons. The first-order valence-electron chi connectivity index (χ1n) is 41.1. The minimum Gasteiger partial charge on any atom is -0.508 e. The second-order valence-corrected chi connectivity index (χ2v) is 34.2. The number of nitrogens with zero attached hydrogens (tertiary/aromatic N) is 3. The highest BCUT2D eigenvalue weighted by atomic mass is 19.4. The van der Waals surface area contributed by atoms with Crippen LogP contribution in [0.4, 0.5) is 23.2 Å². The molecule has 3 saturated carbocycles. The molecular weight excluding hydrogens is 1670 g/mol. The summed E-state index contributed by atoms with van der Waals surface area (Å²) in [6.07, 6.45) is -3.83. The first-order chi connectivity index (χ1) is 60.4. The number of halogens is 4. The van der Waals surface area contributed by atoms with Crippen molar-refractivity contribution in [3.63, 3.8) is 0 Å². The van der Waals surface area contributed by atoms with Gasteiger partial charge in [0.25, 0.3) is 17.7 Å². The first kappa shape index (κ1) is 91.0. The Bertz CT molecular complexity index is 6020. The summed E-state index contributed by atoms with van der Waals surface area (Å²) in [5, 5.41) is 143. The number of nitrogens with one attached hydrogen (secondary N) is 3. The number of ketones is 6. The number of alkyl halides is 4. The van der Waals surface area contributed by atoms with Crippen molar-refractivity contribution in [2.24, 2.45) is 52.7 Å². The Morgan fingerprint density at radius 3 is 0.977 bits per heavy atom. The van der Waals surface area contributed by atoms with Crippen LogP contribution in [0.3, 0.4) is 0 Å². The lowest BCUT2D eigenvalue weighted by atomic mass is 9.57. The largest absolute Gasteiger partial charge is 0.508 e. The first-order valence-corrected chi connectivity index (χ1v) is 41.1. The van der Waals surface area contributed by atoms with E-state index in [2.05, 4.69) is 16.0 Å². The molecule has 0 aromatic heterocycles. The number of aromatic hydroxyl groups is 3. The lowest BCUT2D eigenvalue weighted by Crippen LogP contribution is -2.65. The molecule has 3 amide bonds. The lowest BCUT2D eigenvalue weighted by Gasteiger charge is -2.50. The van der Waals surface area contributed by atoms with Gasteiger partial charge in [-0.25, -0.2) is 4.39 Å². The van der Waals surface area contributed by atoms with Crippen molar-refractivity contribution in [1.82, 2.24) is 25.3 Å². The summed E-state index contributed by atoms with van der Waals surface area (Å²) in [4.78, 5) is 122. The van der Waals surface area contributed by atoms with Crippen molar-refractivity contribution < 1.29 is 122 Å². The van der Waals surface area contributed by atoms with Crippen LogP contribution in [0.25, 0.3) is 50.7 Å². The van der Waals surface area contributed by atoms with E-state index in [1.54, 1.807) is 70.7 Å². The lowest BCUT2D eigenvalue weighted by molar-refractivity contribution is -0.155. The van der Waals surface area contributed by atoms with E-state index < -0.39 is 194 Å². The van der Waals surface area contributed by atoms with Gasteiger partial charge >= 0.3 is 6.18 Å². The highest BCUT2D eigenvalue weighted by Crippen LogP contribution is 2.58. The van der Waals surface area contributed by atoms with Gasteiger partial charge in [0.2, 0.25) is 17.3 Å². The van der Waals surface area contributed by atoms with Gasteiger partial charge in [-0.3, -0.25) is 57.9 Å². The monoisotopic (exact) mass is 1760 g/mol. The van der Waals surface area contributed by atoms with E-state index in [1.165, 1.54) is 47.0 Å². The number of primary amides is 3.